The van der Waals surface area contributed by atoms with Gasteiger partial charge in [-0.15, -0.1) is 0 Å². The molecule has 4 aromatic rings. The van der Waals surface area contributed by atoms with Gasteiger partial charge in [0.15, 0.2) is 11.6 Å². The van der Waals surface area contributed by atoms with Gasteiger partial charge in [0.05, 0.1) is 18.2 Å². The molecule has 0 unspecified atom stereocenters. The summed E-state index contributed by atoms with van der Waals surface area (Å²) in [5, 5.41) is 28.1. The molecule has 158 valence electrons. The van der Waals surface area contributed by atoms with Crippen molar-refractivity contribution in [3.8, 4) is 17.6 Å². The molecule has 0 aliphatic carbocycles. The molecule has 0 bridgehead atoms. The molecule has 2 aromatic heterocycles. The summed E-state index contributed by atoms with van der Waals surface area (Å²) in [7, 11) is 1.55. The Balaban J connectivity index is 1.77. The second-order valence-electron chi connectivity index (χ2n) is 6.84. The normalized spacial score (nSPS) is 10.5. The average Bonchev–Trinajstić information content (AvgIpc) is 3.21. The number of methoxy groups -OCH3 is 1. The summed E-state index contributed by atoms with van der Waals surface area (Å²) < 4.78 is 6.78. The van der Waals surface area contributed by atoms with Crippen LogP contribution in [0.25, 0.3) is 16.7 Å². The van der Waals surface area contributed by atoms with E-state index < -0.39 is 10.8 Å². The van der Waals surface area contributed by atoms with Gasteiger partial charge in [-0.05, 0) is 36.8 Å². The number of nitro benzene ring substituents is 1. The maximum absolute atomic E-state index is 12.8. The van der Waals surface area contributed by atoms with E-state index in [0.717, 1.165) is 10.9 Å². The van der Waals surface area contributed by atoms with Crippen LogP contribution in [0, 0.1) is 28.4 Å². The quantitative estimate of drug-likeness (QED) is 0.377. The average molecular weight is 428 g/mol. The molecule has 4 rings (SSSR count). The van der Waals surface area contributed by atoms with Crippen molar-refractivity contribution in [1.82, 2.24) is 14.8 Å². The Kier molecular flexibility index (Phi) is 5.22. The van der Waals surface area contributed by atoms with E-state index in [2.05, 4.69) is 15.4 Å². The van der Waals surface area contributed by atoms with Crippen LogP contribution >= 0.6 is 0 Å². The SMILES string of the molecule is COc1cccc2c(C)cc(-n3ncc(C#N)c3NC(=O)c3ccc([N+](=O)[O-])cc3)nc12. The van der Waals surface area contributed by atoms with E-state index in [1.54, 1.807) is 19.2 Å². The molecule has 0 aliphatic rings. The molecule has 0 saturated carbocycles. The topological polar surface area (TPSA) is 136 Å². The number of nitrogens with one attached hydrogen (secondary N) is 1. The maximum atomic E-state index is 12.8. The van der Waals surface area contributed by atoms with Gasteiger partial charge in [-0.25, -0.2) is 4.98 Å². The van der Waals surface area contributed by atoms with Crippen LogP contribution in [0.4, 0.5) is 11.5 Å². The Morgan fingerprint density at radius 2 is 2.00 bits per heavy atom. The number of amides is 1. The van der Waals surface area contributed by atoms with Gasteiger partial charge in [-0.1, -0.05) is 12.1 Å². The van der Waals surface area contributed by atoms with Crippen LogP contribution in [0.3, 0.4) is 0 Å². The lowest BCUT2D eigenvalue weighted by molar-refractivity contribution is -0.384. The zero-order valence-corrected chi connectivity index (χ0v) is 17.1. The van der Waals surface area contributed by atoms with Gasteiger partial charge < -0.3 is 10.1 Å². The number of fused-ring (bicyclic) bond motifs is 1. The highest BCUT2D eigenvalue weighted by Gasteiger charge is 2.19. The van der Waals surface area contributed by atoms with Crippen LogP contribution in [0.2, 0.25) is 0 Å². The van der Waals surface area contributed by atoms with Crippen LogP contribution in [0.1, 0.15) is 21.5 Å². The molecule has 1 N–H and O–H groups in total. The molecule has 0 spiro atoms. The summed E-state index contributed by atoms with van der Waals surface area (Å²) in [6.07, 6.45) is 1.33. The van der Waals surface area contributed by atoms with Crippen LogP contribution in [0.5, 0.6) is 5.75 Å². The number of non-ortho nitro benzene ring substituents is 1. The molecule has 2 aromatic carbocycles. The number of hydrogen-bond acceptors (Lipinski definition) is 7. The van der Waals surface area contributed by atoms with E-state index >= 15 is 0 Å². The Labute approximate surface area is 181 Å². The highest BCUT2D eigenvalue weighted by Crippen LogP contribution is 2.29. The van der Waals surface area contributed by atoms with Gasteiger partial charge in [-0.3, -0.25) is 14.9 Å². The fourth-order valence-corrected chi connectivity index (χ4v) is 3.29. The minimum absolute atomic E-state index is 0.130. The first kappa shape index (κ1) is 20.5. The predicted octanol–water partition coefficient (Wildman–Crippen LogP) is 3.77. The lowest BCUT2D eigenvalue weighted by Gasteiger charge is -2.12. The minimum atomic E-state index is -0.549. The Hall–Kier alpha value is -4.78. The van der Waals surface area contributed by atoms with Gasteiger partial charge >= 0.3 is 0 Å². The fourth-order valence-electron chi connectivity index (χ4n) is 3.29. The number of carbonyl (C=O) groups is 1. The highest BCUT2D eigenvalue weighted by molar-refractivity contribution is 6.04. The van der Waals surface area contributed by atoms with Gasteiger partial charge in [0.2, 0.25) is 0 Å². The smallest absolute Gasteiger partial charge is 0.269 e. The molecule has 0 radical (unpaired) electrons. The third-order valence-corrected chi connectivity index (χ3v) is 4.89. The molecule has 0 aliphatic heterocycles. The largest absolute Gasteiger partial charge is 0.494 e. The molecule has 2 heterocycles. The number of para-hydroxylation sites is 1. The van der Waals surface area contributed by atoms with E-state index in [1.165, 1.54) is 35.1 Å². The summed E-state index contributed by atoms with van der Waals surface area (Å²) in [6.45, 7) is 1.91. The minimum Gasteiger partial charge on any atom is -0.494 e. The maximum Gasteiger partial charge on any atom is 0.269 e. The van der Waals surface area contributed by atoms with Crippen molar-refractivity contribution in [2.24, 2.45) is 0 Å². The Morgan fingerprint density at radius 3 is 2.66 bits per heavy atom. The molecule has 0 saturated heterocycles. The number of nitriles is 1. The summed E-state index contributed by atoms with van der Waals surface area (Å²) >= 11 is 0. The first-order chi connectivity index (χ1) is 15.4. The van der Waals surface area contributed by atoms with Gasteiger partial charge in [0.1, 0.15) is 22.9 Å². The predicted molar refractivity (Wildman–Crippen MR) is 116 cm³/mol. The number of nitrogens with zero attached hydrogens (tertiary/aromatic N) is 5. The van der Waals surface area contributed by atoms with E-state index in [1.807, 2.05) is 25.1 Å². The van der Waals surface area contributed by atoms with Gasteiger partial charge in [-0.2, -0.15) is 15.0 Å². The molecule has 0 atom stereocenters. The molecular formula is C22H16N6O4. The molecule has 10 heteroatoms. The van der Waals surface area contributed by atoms with E-state index in [-0.39, 0.29) is 22.6 Å². The highest BCUT2D eigenvalue weighted by atomic mass is 16.6. The first-order valence-electron chi connectivity index (χ1n) is 9.41. The lowest BCUT2D eigenvalue weighted by Crippen LogP contribution is -2.16. The number of aryl methyl sites for hydroxylation is 1. The van der Waals surface area contributed by atoms with Crippen molar-refractivity contribution >= 4 is 28.3 Å². The number of anilines is 1. The number of rotatable bonds is 5. The van der Waals surface area contributed by atoms with Crippen molar-refractivity contribution in [3.05, 3.63) is 81.5 Å². The molecule has 10 nitrogen and oxygen atoms in total. The summed E-state index contributed by atoms with van der Waals surface area (Å²) in [4.78, 5) is 27.7. The monoisotopic (exact) mass is 428 g/mol. The number of ether oxygens (including phenoxy) is 1. The number of aromatic nitrogens is 3. The van der Waals surface area contributed by atoms with Crippen molar-refractivity contribution in [3.63, 3.8) is 0 Å². The Bertz CT molecular complexity index is 1400. The van der Waals surface area contributed by atoms with Crippen LogP contribution in [-0.2, 0) is 0 Å². The van der Waals surface area contributed by atoms with Crippen LogP contribution < -0.4 is 10.1 Å². The first-order valence-corrected chi connectivity index (χ1v) is 9.41. The van der Waals surface area contributed by atoms with E-state index in [9.17, 15) is 20.2 Å². The molecule has 1 amide bonds. The van der Waals surface area contributed by atoms with E-state index in [4.69, 9.17) is 4.74 Å². The number of pyridine rings is 1. The third kappa shape index (κ3) is 3.59. The van der Waals surface area contributed by atoms with E-state index in [0.29, 0.717) is 17.1 Å². The zero-order chi connectivity index (χ0) is 22.8. The fraction of sp³-hybridized carbons (Fsp3) is 0.0909. The molecule has 0 fully saturated rings. The number of carbonyl (C=O) groups excluding carboxylic acids is 1. The number of hydrogen-bond donors (Lipinski definition) is 1. The van der Waals surface area contributed by atoms with Crippen LogP contribution in [-0.4, -0.2) is 32.7 Å². The zero-order valence-electron chi connectivity index (χ0n) is 17.1. The standard InChI is InChI=1S/C22H16N6O4/c1-13-10-19(25-20-17(13)4-3-5-18(20)32-2)27-21(15(11-23)12-24-27)26-22(29)14-6-8-16(9-7-14)28(30)31/h3-10,12H,1-2H3,(H,26,29). The number of benzene rings is 2. The summed E-state index contributed by atoms with van der Waals surface area (Å²) in [6, 6.07) is 14.5. The third-order valence-electron chi connectivity index (χ3n) is 4.89. The number of nitro groups is 1. The second-order valence-corrected chi connectivity index (χ2v) is 6.84. The molecular weight excluding hydrogens is 412 g/mol. The van der Waals surface area contributed by atoms with Crippen molar-refractivity contribution < 1.29 is 14.5 Å². The van der Waals surface area contributed by atoms with Crippen LogP contribution in [0.15, 0.2) is 54.7 Å². The van der Waals surface area contributed by atoms with Gasteiger partial charge in [0.25, 0.3) is 11.6 Å². The van der Waals surface area contributed by atoms with Crippen molar-refractivity contribution in [2.45, 2.75) is 6.92 Å². The summed E-state index contributed by atoms with van der Waals surface area (Å²) in [5.41, 5.74) is 1.72. The van der Waals surface area contributed by atoms with Crippen molar-refractivity contribution in [2.75, 3.05) is 12.4 Å². The molecule has 32 heavy (non-hydrogen) atoms. The second kappa shape index (κ2) is 8.16. The van der Waals surface area contributed by atoms with Gasteiger partial charge in [0, 0.05) is 23.1 Å². The summed E-state index contributed by atoms with van der Waals surface area (Å²) in [5.74, 6) is 0.557. The van der Waals surface area contributed by atoms with Crippen molar-refractivity contribution in [1.29, 1.82) is 5.26 Å². The lowest BCUT2D eigenvalue weighted by atomic mass is 10.1. The Morgan fingerprint density at radius 1 is 1.25 bits per heavy atom.